The number of amides is 1. The van der Waals surface area contributed by atoms with Gasteiger partial charge in [0, 0.05) is 5.69 Å². The molecule has 0 bridgehead atoms. The lowest BCUT2D eigenvalue weighted by atomic mass is 10.2. The van der Waals surface area contributed by atoms with E-state index < -0.39 is 35.4 Å². The van der Waals surface area contributed by atoms with Gasteiger partial charge in [0.05, 0.1) is 19.2 Å². The number of carbonyl (C=O) groups excluding carboxylic acids is 2. The Kier molecular flexibility index (Phi) is 6.82. The van der Waals surface area contributed by atoms with Crippen molar-refractivity contribution in [2.24, 2.45) is 0 Å². The van der Waals surface area contributed by atoms with Gasteiger partial charge in [-0.1, -0.05) is 0 Å². The van der Waals surface area contributed by atoms with E-state index in [1.807, 2.05) is 0 Å². The van der Waals surface area contributed by atoms with Gasteiger partial charge in [-0.15, -0.1) is 0 Å². The molecule has 1 rings (SSSR count). The first-order chi connectivity index (χ1) is 11.8. The summed E-state index contributed by atoms with van der Waals surface area (Å²) in [7, 11) is 1.12. The highest BCUT2D eigenvalue weighted by Crippen LogP contribution is 2.30. The van der Waals surface area contributed by atoms with E-state index in [1.165, 1.54) is 6.92 Å². The summed E-state index contributed by atoms with van der Waals surface area (Å²) in [6.07, 6.45) is -5.33. The number of alkyl halides is 3. The third kappa shape index (κ3) is 7.16. The molecule has 0 aliphatic carbocycles. The summed E-state index contributed by atoms with van der Waals surface area (Å²) in [4.78, 5) is 27.5. The first-order valence-corrected chi connectivity index (χ1v) is 7.69. The molecular weight excluding hydrogens is 355 g/mol. The number of aromatic nitrogens is 1. The summed E-state index contributed by atoms with van der Waals surface area (Å²) in [5.41, 5.74) is -1.53. The molecule has 0 radical (unpaired) electrons. The third-order valence-corrected chi connectivity index (χ3v) is 2.94. The third-order valence-electron chi connectivity index (χ3n) is 2.94. The summed E-state index contributed by atoms with van der Waals surface area (Å²) in [6.45, 7) is 6.12. The highest BCUT2D eigenvalue weighted by molar-refractivity contribution is 5.80. The van der Waals surface area contributed by atoms with Gasteiger partial charge >= 0.3 is 18.2 Å². The number of anilines is 1. The molecule has 0 spiro atoms. The number of halogens is 3. The number of nitrogens with one attached hydrogen (secondary N) is 2. The summed E-state index contributed by atoms with van der Waals surface area (Å²) >= 11 is 0. The van der Waals surface area contributed by atoms with E-state index in [4.69, 9.17) is 4.74 Å². The fourth-order valence-electron chi connectivity index (χ4n) is 1.92. The van der Waals surface area contributed by atoms with Crippen molar-refractivity contribution in [1.29, 1.82) is 0 Å². The van der Waals surface area contributed by atoms with Crippen molar-refractivity contribution in [2.45, 2.75) is 45.5 Å². The molecule has 7 nitrogen and oxygen atoms in total. The van der Waals surface area contributed by atoms with Crippen LogP contribution in [0.2, 0.25) is 0 Å². The average molecular weight is 377 g/mol. The fraction of sp³-hybridized carbons (Fsp3) is 0.562. The van der Waals surface area contributed by atoms with E-state index in [0.29, 0.717) is 0 Å². The van der Waals surface area contributed by atoms with Crippen molar-refractivity contribution in [3.05, 3.63) is 23.4 Å². The van der Waals surface area contributed by atoms with Crippen LogP contribution < -0.4 is 10.6 Å². The van der Waals surface area contributed by atoms with Crippen LogP contribution in [-0.2, 0) is 20.4 Å². The van der Waals surface area contributed by atoms with Gasteiger partial charge in [0.2, 0.25) is 0 Å². The molecule has 1 unspecified atom stereocenters. The zero-order valence-corrected chi connectivity index (χ0v) is 15.2. The lowest BCUT2D eigenvalue weighted by Gasteiger charge is -2.22. The highest BCUT2D eigenvalue weighted by atomic mass is 19.4. The molecular formula is C16H22F3N3O4. The second kappa shape index (κ2) is 8.24. The van der Waals surface area contributed by atoms with E-state index in [1.54, 1.807) is 20.8 Å². The van der Waals surface area contributed by atoms with E-state index in [2.05, 4.69) is 20.4 Å². The molecule has 0 saturated heterocycles. The van der Waals surface area contributed by atoms with Crippen LogP contribution in [0.5, 0.6) is 0 Å². The van der Waals surface area contributed by atoms with Gasteiger partial charge in [0.1, 0.15) is 17.5 Å². The predicted octanol–water partition coefficient (Wildman–Crippen LogP) is 2.89. The maximum absolute atomic E-state index is 12.9. The predicted molar refractivity (Wildman–Crippen MR) is 87.6 cm³/mol. The van der Waals surface area contributed by atoms with Crippen LogP contribution in [0.15, 0.2) is 12.1 Å². The van der Waals surface area contributed by atoms with Crippen molar-refractivity contribution in [2.75, 3.05) is 19.0 Å². The molecule has 0 aliphatic heterocycles. The maximum atomic E-state index is 12.9. The highest BCUT2D eigenvalue weighted by Gasteiger charge is 2.32. The van der Waals surface area contributed by atoms with E-state index in [9.17, 15) is 22.8 Å². The van der Waals surface area contributed by atoms with Crippen molar-refractivity contribution in [1.82, 2.24) is 10.3 Å². The Morgan fingerprint density at radius 3 is 2.35 bits per heavy atom. The summed E-state index contributed by atoms with van der Waals surface area (Å²) in [5.74, 6) is -0.948. The normalized spacial score (nSPS) is 12.9. The van der Waals surface area contributed by atoms with Crippen molar-refractivity contribution < 1.29 is 32.2 Å². The van der Waals surface area contributed by atoms with E-state index in [0.717, 1.165) is 19.2 Å². The van der Waals surface area contributed by atoms with Crippen LogP contribution in [-0.4, -0.2) is 42.3 Å². The molecule has 0 aliphatic rings. The molecule has 0 saturated carbocycles. The van der Waals surface area contributed by atoms with Crippen molar-refractivity contribution in [3.8, 4) is 0 Å². The van der Waals surface area contributed by atoms with E-state index in [-0.39, 0.29) is 18.1 Å². The minimum Gasteiger partial charge on any atom is -0.467 e. The molecule has 1 atom stereocenters. The first kappa shape index (κ1) is 21.5. The van der Waals surface area contributed by atoms with Crippen LogP contribution in [0.25, 0.3) is 0 Å². The molecule has 1 aromatic heterocycles. The number of methoxy groups -OCH3 is 1. The number of ether oxygens (including phenoxy) is 2. The smallest absolute Gasteiger partial charge is 0.416 e. The van der Waals surface area contributed by atoms with Gasteiger partial charge < -0.3 is 20.1 Å². The molecule has 0 fully saturated rings. The molecule has 1 aromatic rings. The SMILES string of the molecule is COC(=O)C(CNC(=O)OC(C)(C)C)Nc1cc(C(F)(F)F)cc(C)n1. The number of hydrogen-bond acceptors (Lipinski definition) is 6. The fourth-order valence-corrected chi connectivity index (χ4v) is 1.92. The molecule has 1 amide bonds. The van der Waals surface area contributed by atoms with Crippen LogP contribution >= 0.6 is 0 Å². The second-order valence-corrected chi connectivity index (χ2v) is 6.48. The van der Waals surface area contributed by atoms with E-state index >= 15 is 0 Å². The standard InChI is InChI=1S/C16H22F3N3O4/c1-9-6-10(16(17,18)19)7-12(21-9)22-11(13(23)25-5)8-20-14(24)26-15(2,3)4/h6-7,11H,8H2,1-5H3,(H,20,24)(H,21,22). The number of rotatable bonds is 5. The molecule has 1 heterocycles. The Balaban J connectivity index is 2.90. The summed E-state index contributed by atoms with van der Waals surface area (Å²) in [5, 5.41) is 4.91. The van der Waals surface area contributed by atoms with Crippen LogP contribution in [0.3, 0.4) is 0 Å². The minimum absolute atomic E-state index is 0.117. The Labute approximate surface area is 149 Å². The number of pyridine rings is 1. The first-order valence-electron chi connectivity index (χ1n) is 7.69. The lowest BCUT2D eigenvalue weighted by Crippen LogP contribution is -2.44. The molecule has 26 heavy (non-hydrogen) atoms. The summed E-state index contributed by atoms with van der Waals surface area (Å²) < 4.78 is 48.3. The number of hydrogen-bond donors (Lipinski definition) is 2. The molecule has 10 heteroatoms. The number of carbonyl (C=O) groups is 2. The second-order valence-electron chi connectivity index (χ2n) is 6.48. The van der Waals surface area contributed by atoms with Crippen LogP contribution in [0.4, 0.5) is 23.8 Å². The van der Waals surface area contributed by atoms with Crippen LogP contribution in [0.1, 0.15) is 32.0 Å². The minimum atomic E-state index is -4.56. The molecule has 2 N–H and O–H groups in total. The van der Waals surface area contributed by atoms with Crippen molar-refractivity contribution >= 4 is 17.9 Å². The molecule has 146 valence electrons. The Hall–Kier alpha value is -2.52. The Morgan fingerprint density at radius 2 is 1.85 bits per heavy atom. The maximum Gasteiger partial charge on any atom is 0.416 e. The van der Waals surface area contributed by atoms with Gasteiger partial charge in [-0.3, -0.25) is 0 Å². The zero-order chi connectivity index (χ0) is 20.1. The average Bonchev–Trinajstić information content (AvgIpc) is 2.47. The number of nitrogens with zero attached hydrogens (tertiary/aromatic N) is 1. The van der Waals surface area contributed by atoms with Gasteiger partial charge in [0.25, 0.3) is 0 Å². The van der Waals surface area contributed by atoms with Crippen LogP contribution in [0, 0.1) is 6.92 Å². The number of esters is 1. The van der Waals surface area contributed by atoms with Gasteiger partial charge in [0.15, 0.2) is 0 Å². The topological polar surface area (TPSA) is 89.5 Å². The largest absolute Gasteiger partial charge is 0.467 e. The van der Waals surface area contributed by atoms with Crippen molar-refractivity contribution in [3.63, 3.8) is 0 Å². The van der Waals surface area contributed by atoms with Gasteiger partial charge in [-0.25, -0.2) is 14.6 Å². The quantitative estimate of drug-likeness (QED) is 0.767. The zero-order valence-electron chi connectivity index (χ0n) is 15.2. The monoisotopic (exact) mass is 377 g/mol. The van der Waals surface area contributed by atoms with Gasteiger partial charge in [-0.05, 0) is 39.8 Å². The number of aryl methyl sites for hydroxylation is 1. The van der Waals surface area contributed by atoms with Gasteiger partial charge in [-0.2, -0.15) is 13.2 Å². The lowest BCUT2D eigenvalue weighted by molar-refractivity contribution is -0.141. The number of alkyl carbamates (subject to hydrolysis) is 1. The molecule has 0 aromatic carbocycles. The summed E-state index contributed by atoms with van der Waals surface area (Å²) in [6, 6.07) is 0.510. The Bertz CT molecular complexity index is 657. The Morgan fingerprint density at radius 1 is 1.23 bits per heavy atom.